The van der Waals surface area contributed by atoms with E-state index in [1.165, 1.54) is 24.3 Å². The molecule has 4 unspecified atom stereocenters. The summed E-state index contributed by atoms with van der Waals surface area (Å²) >= 11 is 0. The van der Waals surface area contributed by atoms with Crippen molar-refractivity contribution < 1.29 is 32.6 Å². The summed E-state index contributed by atoms with van der Waals surface area (Å²) in [5, 5.41) is 0. The standard InChI is InChI=1S/C24H32FN5O3.C24H34FN5O2/c1-16(17-6-8-18(25)9-7-17)30-15-26-12-19(30)20-13-27(5)22(31)21-14-28(10-11-29(20)21)23(32)33-24(2,3)4;1-17(18-6-8-19(25)9-7-18)30-16-26-12-21(30)22-15-27(5)13-20-14-28(10-11-29(20)22)23(31)32-24(2,3)4/h6-9,12,15-16,20-21H,10-11,13-14H2,1-5H3;6-9,12,16-17,20,22H,10-11,13-15H2,1-5H3/t16-,20?,21?;17-,20?,22?/m11/s1. The van der Waals surface area contributed by atoms with Crippen molar-refractivity contribution in [1.29, 1.82) is 0 Å². The second-order valence-corrected chi connectivity index (χ2v) is 19.9. The summed E-state index contributed by atoms with van der Waals surface area (Å²) in [5.74, 6) is -0.501. The van der Waals surface area contributed by atoms with Gasteiger partial charge in [-0.3, -0.25) is 14.6 Å². The minimum atomic E-state index is -0.590. The van der Waals surface area contributed by atoms with Gasteiger partial charge in [0.15, 0.2) is 0 Å². The zero-order valence-corrected chi connectivity index (χ0v) is 39.5. The third kappa shape index (κ3) is 11.0. The Kier molecular flexibility index (Phi) is 14.1. The normalized spacial score (nSPS) is 23.2. The number of carbonyl (C=O) groups excluding carboxylic acids is 3. The van der Waals surface area contributed by atoms with Gasteiger partial charge < -0.3 is 38.2 Å². The molecule has 2 aromatic heterocycles. The predicted octanol–water partition coefficient (Wildman–Crippen LogP) is 6.61. The van der Waals surface area contributed by atoms with E-state index in [-0.39, 0.29) is 60.4 Å². The van der Waals surface area contributed by atoms with Gasteiger partial charge in [-0.05, 0) is 97.8 Å². The first-order valence-corrected chi connectivity index (χ1v) is 22.6. The maximum Gasteiger partial charge on any atom is 0.410 e. The van der Waals surface area contributed by atoms with Gasteiger partial charge in [-0.1, -0.05) is 24.3 Å². The van der Waals surface area contributed by atoms with Crippen molar-refractivity contribution in [2.45, 2.75) is 103 Å². The molecule has 6 atom stereocenters. The van der Waals surface area contributed by atoms with Crippen LogP contribution in [0.2, 0.25) is 0 Å². The highest BCUT2D eigenvalue weighted by atomic mass is 19.1. The fourth-order valence-electron chi connectivity index (χ4n) is 9.48. The monoisotopic (exact) mass is 901 g/mol. The SMILES string of the molecule is C[C@H](c1ccc(F)cc1)n1cncc1C1CN(C)C(=O)C2CN(C(=O)OC(C)(C)C)CCN21.C[C@H](c1ccc(F)cc1)n1cncc1C1CN(C)CC2CN(C(=O)OC(C)(C)C)CCN21. The van der Waals surface area contributed by atoms with E-state index in [9.17, 15) is 23.2 Å². The van der Waals surface area contributed by atoms with Crippen LogP contribution >= 0.6 is 0 Å². The highest BCUT2D eigenvalue weighted by Gasteiger charge is 2.46. The molecule has 4 aromatic rings. The Hall–Kier alpha value is -5.39. The summed E-state index contributed by atoms with van der Waals surface area (Å²) in [7, 11) is 3.92. The number of carbonyl (C=O) groups is 3. The molecular weight excluding hydrogens is 835 g/mol. The number of benzene rings is 2. The van der Waals surface area contributed by atoms with Crippen LogP contribution in [-0.4, -0.2) is 163 Å². The van der Waals surface area contributed by atoms with Gasteiger partial charge in [0.25, 0.3) is 0 Å². The molecule has 4 aliphatic heterocycles. The summed E-state index contributed by atoms with van der Waals surface area (Å²) in [6.45, 7) is 21.1. The third-order valence-electron chi connectivity index (χ3n) is 12.8. The molecule has 8 rings (SSSR count). The van der Waals surface area contributed by atoms with Crippen molar-refractivity contribution in [3.63, 3.8) is 0 Å². The van der Waals surface area contributed by atoms with Gasteiger partial charge in [0.1, 0.15) is 28.9 Å². The van der Waals surface area contributed by atoms with Crippen molar-refractivity contribution in [3.05, 3.63) is 108 Å². The molecular formula is C48H66F2N10O5. The first-order valence-electron chi connectivity index (χ1n) is 22.6. The van der Waals surface area contributed by atoms with E-state index in [4.69, 9.17) is 9.47 Å². The molecule has 3 amide bonds. The summed E-state index contributed by atoms with van der Waals surface area (Å²) in [6, 6.07) is 13.0. The van der Waals surface area contributed by atoms with Crippen LogP contribution in [0, 0.1) is 11.6 Å². The topological polar surface area (TPSA) is 125 Å². The minimum absolute atomic E-state index is 0.00263. The van der Waals surface area contributed by atoms with Crippen LogP contribution < -0.4 is 0 Å². The van der Waals surface area contributed by atoms with Gasteiger partial charge >= 0.3 is 12.2 Å². The fraction of sp³-hybridized carbons (Fsp3) is 0.562. The van der Waals surface area contributed by atoms with Gasteiger partial charge in [-0.2, -0.15) is 0 Å². The predicted molar refractivity (Wildman–Crippen MR) is 242 cm³/mol. The number of nitrogens with zero attached hydrogens (tertiary/aromatic N) is 10. The number of halogens is 2. The van der Waals surface area contributed by atoms with Crippen LogP contribution in [0.5, 0.6) is 0 Å². The van der Waals surface area contributed by atoms with Gasteiger partial charge in [0.2, 0.25) is 5.91 Å². The van der Waals surface area contributed by atoms with Crippen LogP contribution in [0.3, 0.4) is 0 Å². The van der Waals surface area contributed by atoms with Crippen LogP contribution in [-0.2, 0) is 14.3 Å². The number of aromatic nitrogens is 4. The molecule has 0 radical (unpaired) electrons. The number of piperazine rings is 4. The van der Waals surface area contributed by atoms with Crippen LogP contribution in [0.1, 0.15) is 102 Å². The van der Waals surface area contributed by atoms with Crippen molar-refractivity contribution in [3.8, 4) is 0 Å². The molecule has 4 aliphatic rings. The smallest absolute Gasteiger partial charge is 0.410 e. The van der Waals surface area contributed by atoms with Crippen LogP contribution in [0.25, 0.3) is 0 Å². The second-order valence-electron chi connectivity index (χ2n) is 19.9. The summed E-state index contributed by atoms with van der Waals surface area (Å²) in [5.41, 5.74) is 3.06. The van der Waals surface area contributed by atoms with E-state index >= 15 is 0 Å². The molecule has 0 aliphatic carbocycles. The van der Waals surface area contributed by atoms with Crippen molar-refractivity contribution in [2.75, 3.05) is 73.0 Å². The van der Waals surface area contributed by atoms with E-state index in [1.54, 1.807) is 35.3 Å². The number of hydrogen-bond acceptors (Lipinski definition) is 10. The lowest BCUT2D eigenvalue weighted by Crippen LogP contribution is -2.65. The van der Waals surface area contributed by atoms with Crippen molar-refractivity contribution >= 4 is 18.1 Å². The summed E-state index contributed by atoms with van der Waals surface area (Å²) < 4.78 is 42.2. The lowest BCUT2D eigenvalue weighted by molar-refractivity contribution is -0.147. The Morgan fingerprint density at radius 3 is 1.54 bits per heavy atom. The summed E-state index contributed by atoms with van der Waals surface area (Å²) in [4.78, 5) is 59.4. The molecule has 2 aromatic carbocycles. The number of ether oxygens (including phenoxy) is 2. The summed E-state index contributed by atoms with van der Waals surface area (Å²) in [6.07, 6.45) is 6.80. The third-order valence-corrected chi connectivity index (χ3v) is 12.8. The quantitative estimate of drug-likeness (QED) is 0.209. The number of rotatable bonds is 6. The maximum absolute atomic E-state index is 13.4. The van der Waals surface area contributed by atoms with Gasteiger partial charge in [-0.15, -0.1) is 0 Å². The molecule has 352 valence electrons. The number of amides is 3. The molecule has 0 bridgehead atoms. The van der Waals surface area contributed by atoms with E-state index in [0.29, 0.717) is 32.7 Å². The zero-order chi connectivity index (χ0) is 47.0. The lowest BCUT2D eigenvalue weighted by atomic mass is 9.99. The van der Waals surface area contributed by atoms with Crippen molar-refractivity contribution in [1.82, 2.24) is 48.5 Å². The van der Waals surface area contributed by atoms with E-state index in [2.05, 4.69) is 47.8 Å². The molecule has 4 fully saturated rings. The fourth-order valence-corrected chi connectivity index (χ4v) is 9.48. The number of imidazole rings is 2. The first kappa shape index (κ1) is 47.6. The Balaban J connectivity index is 0.000000194. The Bertz CT molecular complexity index is 2270. The molecule has 0 saturated carbocycles. The van der Waals surface area contributed by atoms with Crippen LogP contribution in [0.4, 0.5) is 18.4 Å². The molecule has 0 spiro atoms. The van der Waals surface area contributed by atoms with Crippen molar-refractivity contribution in [2.24, 2.45) is 0 Å². The first-order chi connectivity index (χ1) is 30.7. The minimum Gasteiger partial charge on any atom is -0.444 e. The molecule has 65 heavy (non-hydrogen) atoms. The number of hydrogen-bond donors (Lipinski definition) is 0. The van der Waals surface area contributed by atoms with Crippen LogP contribution in [0.15, 0.2) is 73.6 Å². The van der Waals surface area contributed by atoms with E-state index in [0.717, 1.165) is 42.1 Å². The largest absolute Gasteiger partial charge is 0.444 e. The van der Waals surface area contributed by atoms with E-state index in [1.807, 2.05) is 84.2 Å². The highest BCUT2D eigenvalue weighted by molar-refractivity contribution is 5.84. The second kappa shape index (κ2) is 19.2. The highest BCUT2D eigenvalue weighted by Crippen LogP contribution is 2.35. The number of likely N-dealkylation sites (N-methyl/N-ethyl adjacent to an activating group) is 2. The van der Waals surface area contributed by atoms with Gasteiger partial charge in [0, 0.05) is 84.4 Å². The van der Waals surface area contributed by atoms with Gasteiger partial charge in [0.05, 0.1) is 48.2 Å². The molecule has 0 N–H and O–H groups in total. The average Bonchev–Trinajstić information content (AvgIpc) is 3.94. The zero-order valence-electron chi connectivity index (χ0n) is 39.5. The molecule has 4 saturated heterocycles. The Morgan fingerprint density at radius 1 is 0.615 bits per heavy atom. The number of fused-ring (bicyclic) bond motifs is 2. The maximum atomic E-state index is 13.4. The molecule has 6 heterocycles. The van der Waals surface area contributed by atoms with E-state index < -0.39 is 23.3 Å². The van der Waals surface area contributed by atoms with Gasteiger partial charge in [-0.25, -0.2) is 28.3 Å². The Morgan fingerprint density at radius 2 is 1.06 bits per heavy atom. The molecule has 15 nitrogen and oxygen atoms in total. The lowest BCUT2D eigenvalue weighted by Gasteiger charge is -2.50. The average molecular weight is 901 g/mol. The Labute approximate surface area is 381 Å². The molecule has 17 heteroatoms.